The summed E-state index contributed by atoms with van der Waals surface area (Å²) in [6.45, 7) is 0.833. The fraction of sp³-hybridized carbons (Fsp3) is 0.480. The average Bonchev–Trinajstić information content (AvgIpc) is 3.62. The number of furan rings is 1. The second-order valence-electron chi connectivity index (χ2n) is 8.80. The van der Waals surface area contributed by atoms with E-state index in [9.17, 15) is 18.8 Å². The Hall–Kier alpha value is -3.20. The first-order valence-corrected chi connectivity index (χ1v) is 11.8. The molecular weight excluding hydrogens is 441 g/mol. The highest BCUT2D eigenvalue weighted by atomic mass is 19.1. The van der Waals surface area contributed by atoms with Gasteiger partial charge in [-0.2, -0.15) is 0 Å². The van der Waals surface area contributed by atoms with E-state index in [1.165, 1.54) is 35.4 Å². The van der Waals surface area contributed by atoms with E-state index in [0.717, 1.165) is 38.5 Å². The molecule has 2 aliphatic rings. The number of ether oxygens (including phenoxy) is 1. The summed E-state index contributed by atoms with van der Waals surface area (Å²) >= 11 is 0. The van der Waals surface area contributed by atoms with Crippen LogP contribution in [0.1, 0.15) is 55.9 Å². The molecule has 1 aliphatic carbocycles. The summed E-state index contributed by atoms with van der Waals surface area (Å²) in [5.41, 5.74) is 0.389. The zero-order valence-corrected chi connectivity index (χ0v) is 19.0. The lowest BCUT2D eigenvalue weighted by Crippen LogP contribution is -2.50. The van der Waals surface area contributed by atoms with Gasteiger partial charge < -0.3 is 24.7 Å². The number of hydrogen-bond donors (Lipinski definition) is 2. The van der Waals surface area contributed by atoms with Gasteiger partial charge >= 0.3 is 11.8 Å². The molecule has 1 aromatic carbocycles. The summed E-state index contributed by atoms with van der Waals surface area (Å²) in [6, 6.07) is 7.47. The van der Waals surface area contributed by atoms with E-state index in [0.29, 0.717) is 17.9 Å². The lowest BCUT2D eigenvalue weighted by molar-refractivity contribution is -0.151. The van der Waals surface area contributed by atoms with Crippen LogP contribution in [0.25, 0.3) is 0 Å². The van der Waals surface area contributed by atoms with Crippen molar-refractivity contribution in [3.8, 4) is 0 Å². The third-order valence-electron chi connectivity index (χ3n) is 6.33. The number of nitrogens with one attached hydrogen (secondary N) is 2. The van der Waals surface area contributed by atoms with E-state index in [4.69, 9.17) is 9.15 Å². The molecule has 2 fully saturated rings. The lowest BCUT2D eigenvalue weighted by atomic mass is 10.0. The second-order valence-corrected chi connectivity index (χ2v) is 8.80. The van der Waals surface area contributed by atoms with Gasteiger partial charge in [0, 0.05) is 19.2 Å². The number of carbonyl (C=O) groups is 3. The van der Waals surface area contributed by atoms with Gasteiger partial charge in [-0.1, -0.05) is 25.0 Å². The van der Waals surface area contributed by atoms with E-state index in [1.54, 1.807) is 12.1 Å². The molecule has 34 heavy (non-hydrogen) atoms. The van der Waals surface area contributed by atoms with Crippen molar-refractivity contribution in [2.45, 2.75) is 63.3 Å². The van der Waals surface area contributed by atoms with Crippen LogP contribution in [-0.4, -0.2) is 47.9 Å². The molecule has 0 bridgehead atoms. The van der Waals surface area contributed by atoms with Gasteiger partial charge in [-0.3, -0.25) is 14.4 Å². The van der Waals surface area contributed by atoms with Crippen molar-refractivity contribution in [2.24, 2.45) is 0 Å². The molecule has 2 N–H and O–H groups in total. The highest BCUT2D eigenvalue weighted by Crippen LogP contribution is 2.25. The highest BCUT2D eigenvalue weighted by molar-refractivity contribution is 6.35. The van der Waals surface area contributed by atoms with E-state index >= 15 is 0 Å². The number of benzene rings is 1. The number of amides is 3. The smallest absolute Gasteiger partial charge is 0.313 e. The minimum Gasteiger partial charge on any atom is -0.467 e. The largest absolute Gasteiger partial charge is 0.467 e. The molecule has 2 heterocycles. The van der Waals surface area contributed by atoms with Gasteiger partial charge in [-0.05, 0) is 55.5 Å². The molecule has 4 rings (SSSR count). The maximum absolute atomic E-state index is 13.6. The van der Waals surface area contributed by atoms with Crippen molar-refractivity contribution in [3.05, 3.63) is 59.8 Å². The highest BCUT2D eigenvalue weighted by Gasteiger charge is 2.36. The summed E-state index contributed by atoms with van der Waals surface area (Å²) in [7, 11) is 0. The van der Waals surface area contributed by atoms with Gasteiger partial charge in [0.1, 0.15) is 17.6 Å². The molecule has 0 radical (unpaired) electrons. The maximum Gasteiger partial charge on any atom is 0.313 e. The number of rotatable bonds is 8. The van der Waals surface area contributed by atoms with Crippen LogP contribution in [0.5, 0.6) is 0 Å². The van der Waals surface area contributed by atoms with Crippen LogP contribution in [0.3, 0.4) is 0 Å². The molecule has 8 nitrogen and oxygen atoms in total. The number of hydrogen-bond acceptors (Lipinski definition) is 5. The van der Waals surface area contributed by atoms with Gasteiger partial charge in [0.05, 0.1) is 18.9 Å². The standard InChI is InChI=1S/C25H30FN3O5/c26-18-11-9-17(10-12-18)22(23(30)27-15-20-7-3-13-33-20)29(16-21-8-4-14-34-21)25(32)24(31)28-19-5-1-2-6-19/h4,8-12,14,19-20,22H,1-3,5-7,13,15-16H2,(H,27,30)(H,28,31)/t20-,22+/m1/s1. The Morgan fingerprint density at radius 1 is 1.06 bits per heavy atom. The van der Waals surface area contributed by atoms with Crippen LogP contribution in [-0.2, 0) is 25.7 Å². The van der Waals surface area contributed by atoms with Gasteiger partial charge in [0.25, 0.3) is 0 Å². The third-order valence-corrected chi connectivity index (χ3v) is 6.33. The molecule has 9 heteroatoms. The molecule has 1 aromatic heterocycles. The molecule has 182 valence electrons. The summed E-state index contributed by atoms with van der Waals surface area (Å²) in [5, 5.41) is 5.65. The predicted molar refractivity (Wildman–Crippen MR) is 121 cm³/mol. The van der Waals surface area contributed by atoms with Gasteiger partial charge in [-0.25, -0.2) is 4.39 Å². The van der Waals surface area contributed by atoms with E-state index in [-0.39, 0.29) is 25.2 Å². The zero-order chi connectivity index (χ0) is 23.9. The van der Waals surface area contributed by atoms with Crippen molar-refractivity contribution >= 4 is 17.7 Å². The van der Waals surface area contributed by atoms with Crippen molar-refractivity contribution in [1.29, 1.82) is 0 Å². The van der Waals surface area contributed by atoms with E-state index < -0.39 is 29.6 Å². The van der Waals surface area contributed by atoms with E-state index in [1.807, 2.05) is 0 Å². The predicted octanol–water partition coefficient (Wildman–Crippen LogP) is 2.84. The minimum absolute atomic E-state index is 0.0560. The van der Waals surface area contributed by atoms with Crippen molar-refractivity contribution < 1.29 is 27.9 Å². The fourth-order valence-electron chi connectivity index (χ4n) is 4.53. The van der Waals surface area contributed by atoms with Crippen LogP contribution < -0.4 is 10.6 Å². The molecule has 1 saturated carbocycles. The molecule has 0 unspecified atom stereocenters. The maximum atomic E-state index is 13.6. The van der Waals surface area contributed by atoms with E-state index in [2.05, 4.69) is 10.6 Å². The SMILES string of the molecule is O=C(NC1CCCC1)C(=O)N(Cc1ccco1)[C@H](C(=O)NC[C@H]1CCCO1)c1ccc(F)cc1. The van der Waals surface area contributed by atoms with Crippen molar-refractivity contribution in [2.75, 3.05) is 13.2 Å². The Kier molecular flexibility index (Phi) is 7.95. The molecule has 1 aliphatic heterocycles. The lowest BCUT2D eigenvalue weighted by Gasteiger charge is -2.31. The molecule has 2 atom stereocenters. The first-order chi connectivity index (χ1) is 16.5. The first kappa shape index (κ1) is 23.9. The Morgan fingerprint density at radius 2 is 1.82 bits per heavy atom. The van der Waals surface area contributed by atoms with Gasteiger partial charge in [0.2, 0.25) is 5.91 Å². The summed E-state index contributed by atoms with van der Waals surface area (Å²) in [5.74, 6) is -2.13. The minimum atomic E-state index is -1.16. The summed E-state index contributed by atoms with van der Waals surface area (Å²) in [4.78, 5) is 40.9. The van der Waals surface area contributed by atoms with Gasteiger partial charge in [0.15, 0.2) is 0 Å². The normalized spacial score (nSPS) is 19.0. The van der Waals surface area contributed by atoms with Crippen LogP contribution in [0.2, 0.25) is 0 Å². The van der Waals surface area contributed by atoms with Gasteiger partial charge in [-0.15, -0.1) is 0 Å². The Labute approximate surface area is 197 Å². The topological polar surface area (TPSA) is 101 Å². The molecule has 3 amide bonds. The molecular formula is C25H30FN3O5. The molecule has 0 spiro atoms. The van der Waals surface area contributed by atoms with Crippen LogP contribution in [0, 0.1) is 5.82 Å². The number of nitrogens with zero attached hydrogens (tertiary/aromatic N) is 1. The fourth-order valence-corrected chi connectivity index (χ4v) is 4.53. The monoisotopic (exact) mass is 471 g/mol. The van der Waals surface area contributed by atoms with Crippen LogP contribution >= 0.6 is 0 Å². The van der Waals surface area contributed by atoms with Crippen LogP contribution in [0.4, 0.5) is 4.39 Å². The zero-order valence-electron chi connectivity index (χ0n) is 19.0. The first-order valence-electron chi connectivity index (χ1n) is 11.8. The quantitative estimate of drug-likeness (QED) is 0.577. The average molecular weight is 472 g/mol. The molecule has 1 saturated heterocycles. The summed E-state index contributed by atoms with van der Waals surface area (Å²) in [6.07, 6.45) is 6.75. The Morgan fingerprint density at radius 3 is 2.47 bits per heavy atom. The van der Waals surface area contributed by atoms with Crippen molar-refractivity contribution in [3.63, 3.8) is 0 Å². The Balaban J connectivity index is 1.61. The second kappa shape index (κ2) is 11.3. The third kappa shape index (κ3) is 6.02. The van der Waals surface area contributed by atoms with Crippen molar-refractivity contribution in [1.82, 2.24) is 15.5 Å². The number of halogens is 1. The Bertz CT molecular complexity index is 967. The van der Waals surface area contributed by atoms with Crippen LogP contribution in [0.15, 0.2) is 47.1 Å². The summed E-state index contributed by atoms with van der Waals surface area (Å²) < 4.78 is 24.6. The number of carbonyl (C=O) groups excluding carboxylic acids is 3. The molecule has 2 aromatic rings.